The lowest BCUT2D eigenvalue weighted by atomic mass is 10.1. The minimum Gasteiger partial charge on any atom is -0.355 e. The predicted molar refractivity (Wildman–Crippen MR) is 66.3 cm³/mol. The third-order valence-electron chi connectivity index (χ3n) is 3.25. The fraction of sp³-hybridized carbons (Fsp3) is 0.538. The summed E-state index contributed by atoms with van der Waals surface area (Å²) < 4.78 is 0. The van der Waals surface area contributed by atoms with E-state index in [0.29, 0.717) is 6.54 Å². The first kappa shape index (κ1) is 12.0. The van der Waals surface area contributed by atoms with Gasteiger partial charge in [-0.1, -0.05) is 6.07 Å². The van der Waals surface area contributed by atoms with Crippen molar-refractivity contribution < 1.29 is 4.79 Å². The largest absolute Gasteiger partial charge is 0.355 e. The van der Waals surface area contributed by atoms with Gasteiger partial charge in [-0.25, -0.2) is 0 Å². The maximum Gasteiger partial charge on any atom is 0.223 e. The minimum absolute atomic E-state index is 0.119. The van der Waals surface area contributed by atoms with Crippen molar-refractivity contribution in [1.82, 2.24) is 10.3 Å². The quantitative estimate of drug-likeness (QED) is 0.810. The van der Waals surface area contributed by atoms with E-state index in [-0.39, 0.29) is 17.9 Å². The van der Waals surface area contributed by atoms with Crippen LogP contribution in [0.2, 0.25) is 0 Å². The van der Waals surface area contributed by atoms with Crippen LogP contribution in [0, 0.1) is 5.92 Å². The molecule has 1 aromatic rings. The van der Waals surface area contributed by atoms with Crippen LogP contribution in [-0.4, -0.2) is 23.5 Å². The molecule has 92 valence electrons. The molecule has 1 heterocycles. The summed E-state index contributed by atoms with van der Waals surface area (Å²) in [6.07, 6.45) is 5.28. The van der Waals surface area contributed by atoms with Gasteiger partial charge >= 0.3 is 0 Å². The zero-order valence-corrected chi connectivity index (χ0v) is 9.93. The number of nitrogens with one attached hydrogen (secondary N) is 1. The zero-order chi connectivity index (χ0) is 12.1. The average Bonchev–Trinajstić information content (AvgIpc) is 2.77. The van der Waals surface area contributed by atoms with Crippen molar-refractivity contribution in [3.05, 3.63) is 30.1 Å². The highest BCUT2D eigenvalue weighted by Gasteiger charge is 2.27. The van der Waals surface area contributed by atoms with Crippen molar-refractivity contribution in [2.75, 3.05) is 6.54 Å². The van der Waals surface area contributed by atoms with Crippen molar-refractivity contribution in [2.24, 2.45) is 11.7 Å². The van der Waals surface area contributed by atoms with Crippen molar-refractivity contribution >= 4 is 5.91 Å². The Bertz CT molecular complexity index is 366. The second-order valence-electron chi connectivity index (χ2n) is 4.63. The van der Waals surface area contributed by atoms with Gasteiger partial charge in [0.1, 0.15) is 0 Å². The molecule has 0 saturated heterocycles. The topological polar surface area (TPSA) is 68.0 Å². The van der Waals surface area contributed by atoms with E-state index in [9.17, 15) is 4.79 Å². The number of hydrogen-bond donors (Lipinski definition) is 2. The molecule has 0 radical (unpaired) electrons. The molecule has 4 heteroatoms. The van der Waals surface area contributed by atoms with Gasteiger partial charge in [0, 0.05) is 36.8 Å². The number of amides is 1. The van der Waals surface area contributed by atoms with E-state index in [0.717, 1.165) is 31.4 Å². The molecule has 0 spiro atoms. The van der Waals surface area contributed by atoms with Gasteiger partial charge in [-0.15, -0.1) is 0 Å². The molecular formula is C13H19N3O. The average molecular weight is 233 g/mol. The van der Waals surface area contributed by atoms with Crippen molar-refractivity contribution in [2.45, 2.75) is 31.7 Å². The molecule has 1 fully saturated rings. The molecule has 0 aromatic carbocycles. The minimum atomic E-state index is 0.119. The number of hydrogen-bond acceptors (Lipinski definition) is 3. The van der Waals surface area contributed by atoms with Gasteiger partial charge in [-0.05, 0) is 31.4 Å². The van der Waals surface area contributed by atoms with Crippen LogP contribution in [0.1, 0.15) is 25.0 Å². The molecular weight excluding hydrogens is 214 g/mol. The first-order valence-electron chi connectivity index (χ1n) is 6.19. The Balaban J connectivity index is 1.70. The number of carbonyl (C=O) groups excluding carboxylic acids is 1. The van der Waals surface area contributed by atoms with Crippen LogP contribution >= 0.6 is 0 Å². The SMILES string of the molecule is NC1CCC(C(=O)NCCc2ccccn2)C1. The highest BCUT2D eigenvalue weighted by molar-refractivity contribution is 5.78. The highest BCUT2D eigenvalue weighted by Crippen LogP contribution is 2.23. The number of nitrogens with two attached hydrogens (primary N) is 1. The standard InChI is InChI=1S/C13H19N3O/c14-11-5-4-10(9-11)13(17)16-8-6-12-3-1-2-7-15-12/h1-3,7,10-11H,4-6,8-9,14H2,(H,16,17). The molecule has 1 aliphatic rings. The molecule has 3 N–H and O–H groups in total. The Morgan fingerprint density at radius 2 is 2.35 bits per heavy atom. The van der Waals surface area contributed by atoms with Gasteiger partial charge in [0.25, 0.3) is 0 Å². The lowest BCUT2D eigenvalue weighted by Gasteiger charge is -2.10. The Labute approximate surface area is 102 Å². The fourth-order valence-electron chi connectivity index (χ4n) is 2.26. The lowest BCUT2D eigenvalue weighted by molar-refractivity contribution is -0.124. The van der Waals surface area contributed by atoms with E-state index < -0.39 is 0 Å². The summed E-state index contributed by atoms with van der Waals surface area (Å²) in [7, 11) is 0. The summed E-state index contributed by atoms with van der Waals surface area (Å²) in [5, 5.41) is 2.96. The van der Waals surface area contributed by atoms with Gasteiger partial charge in [0.05, 0.1) is 0 Å². The Morgan fingerprint density at radius 3 is 3.00 bits per heavy atom. The molecule has 1 aromatic heterocycles. The molecule has 1 aliphatic carbocycles. The Kier molecular flexibility index (Phi) is 4.09. The van der Waals surface area contributed by atoms with Crippen LogP contribution in [0.3, 0.4) is 0 Å². The summed E-state index contributed by atoms with van der Waals surface area (Å²) in [6.45, 7) is 0.654. The highest BCUT2D eigenvalue weighted by atomic mass is 16.1. The third-order valence-corrected chi connectivity index (χ3v) is 3.25. The first-order valence-corrected chi connectivity index (χ1v) is 6.19. The molecule has 2 unspecified atom stereocenters. The molecule has 1 saturated carbocycles. The lowest BCUT2D eigenvalue weighted by Crippen LogP contribution is -2.32. The second-order valence-corrected chi connectivity index (χ2v) is 4.63. The van der Waals surface area contributed by atoms with E-state index in [1.165, 1.54) is 0 Å². The summed E-state index contributed by atoms with van der Waals surface area (Å²) in [4.78, 5) is 16.0. The van der Waals surface area contributed by atoms with Crippen LogP contribution in [0.25, 0.3) is 0 Å². The van der Waals surface area contributed by atoms with Crippen molar-refractivity contribution in [1.29, 1.82) is 0 Å². The summed E-state index contributed by atoms with van der Waals surface area (Å²) >= 11 is 0. The smallest absolute Gasteiger partial charge is 0.223 e. The normalized spacial score (nSPS) is 23.6. The fourth-order valence-corrected chi connectivity index (χ4v) is 2.26. The summed E-state index contributed by atoms with van der Waals surface area (Å²) in [6, 6.07) is 6.03. The van der Waals surface area contributed by atoms with E-state index >= 15 is 0 Å². The maximum absolute atomic E-state index is 11.8. The van der Waals surface area contributed by atoms with Gasteiger partial charge in [-0.2, -0.15) is 0 Å². The number of nitrogens with zero attached hydrogens (tertiary/aromatic N) is 1. The third kappa shape index (κ3) is 3.53. The van der Waals surface area contributed by atoms with Crippen LogP contribution < -0.4 is 11.1 Å². The van der Waals surface area contributed by atoms with Gasteiger partial charge in [-0.3, -0.25) is 9.78 Å². The van der Waals surface area contributed by atoms with Gasteiger partial charge in [0.2, 0.25) is 5.91 Å². The Morgan fingerprint density at radius 1 is 1.47 bits per heavy atom. The van der Waals surface area contributed by atoms with E-state index in [4.69, 9.17) is 5.73 Å². The van der Waals surface area contributed by atoms with Gasteiger partial charge in [0.15, 0.2) is 0 Å². The second kappa shape index (κ2) is 5.77. The summed E-state index contributed by atoms with van der Waals surface area (Å²) in [5.41, 5.74) is 6.80. The van der Waals surface area contributed by atoms with E-state index in [2.05, 4.69) is 10.3 Å². The van der Waals surface area contributed by atoms with Crippen LogP contribution in [0.15, 0.2) is 24.4 Å². The number of pyridine rings is 1. The molecule has 2 atom stereocenters. The van der Waals surface area contributed by atoms with Crippen molar-refractivity contribution in [3.63, 3.8) is 0 Å². The summed E-state index contributed by atoms with van der Waals surface area (Å²) in [5.74, 6) is 0.266. The molecule has 0 aliphatic heterocycles. The number of aromatic nitrogens is 1. The molecule has 1 amide bonds. The van der Waals surface area contributed by atoms with E-state index in [1.54, 1.807) is 6.20 Å². The van der Waals surface area contributed by atoms with Crippen LogP contribution in [0.4, 0.5) is 0 Å². The Hall–Kier alpha value is -1.42. The van der Waals surface area contributed by atoms with Crippen molar-refractivity contribution in [3.8, 4) is 0 Å². The molecule has 17 heavy (non-hydrogen) atoms. The van der Waals surface area contributed by atoms with Crippen LogP contribution in [0.5, 0.6) is 0 Å². The number of carbonyl (C=O) groups is 1. The molecule has 2 rings (SSSR count). The zero-order valence-electron chi connectivity index (χ0n) is 9.93. The molecule has 4 nitrogen and oxygen atoms in total. The maximum atomic E-state index is 11.8. The first-order chi connectivity index (χ1) is 8.25. The van der Waals surface area contributed by atoms with Gasteiger partial charge < -0.3 is 11.1 Å². The predicted octanol–water partition coefficient (Wildman–Crippen LogP) is 0.868. The van der Waals surface area contributed by atoms with E-state index in [1.807, 2.05) is 18.2 Å². The monoisotopic (exact) mass is 233 g/mol. The molecule has 0 bridgehead atoms. The van der Waals surface area contributed by atoms with Crippen LogP contribution in [-0.2, 0) is 11.2 Å². The number of rotatable bonds is 4.